The summed E-state index contributed by atoms with van der Waals surface area (Å²) in [7, 11) is 1.36. The Kier molecular flexibility index (Phi) is 4.25. The molecule has 3 N–H and O–H groups in total. The first-order chi connectivity index (χ1) is 9.63. The fourth-order valence-corrected chi connectivity index (χ4v) is 1.93. The van der Waals surface area contributed by atoms with E-state index >= 15 is 0 Å². The Labute approximate surface area is 118 Å². The van der Waals surface area contributed by atoms with Gasteiger partial charge in [0, 0.05) is 5.69 Å². The Hall–Kier alpha value is -2.49. The monoisotopic (exact) mass is 270 g/mol. The van der Waals surface area contributed by atoms with Crippen LogP contribution in [-0.4, -0.2) is 13.1 Å². The molecule has 0 saturated carbocycles. The third-order valence-corrected chi connectivity index (χ3v) is 3.09. The molecule has 2 rings (SSSR count). The van der Waals surface area contributed by atoms with Crippen molar-refractivity contribution in [3.63, 3.8) is 0 Å². The molecule has 0 heterocycles. The van der Waals surface area contributed by atoms with E-state index in [1.54, 1.807) is 18.2 Å². The topological polar surface area (TPSA) is 64.3 Å². The zero-order chi connectivity index (χ0) is 14.5. The highest BCUT2D eigenvalue weighted by Crippen LogP contribution is 2.25. The Morgan fingerprint density at radius 2 is 2.05 bits per heavy atom. The molecule has 0 unspecified atom stereocenters. The molecule has 0 saturated heterocycles. The fraction of sp³-hybridized carbons (Fsp3) is 0.188. The van der Waals surface area contributed by atoms with Gasteiger partial charge in [-0.15, -0.1) is 0 Å². The van der Waals surface area contributed by atoms with Crippen molar-refractivity contribution >= 4 is 23.0 Å². The first-order valence-corrected chi connectivity index (χ1v) is 6.48. The van der Waals surface area contributed by atoms with E-state index in [0.29, 0.717) is 16.9 Å². The molecule has 4 heteroatoms. The molecule has 20 heavy (non-hydrogen) atoms. The summed E-state index contributed by atoms with van der Waals surface area (Å²) >= 11 is 0. The molecule has 0 aliphatic heterocycles. The number of nitrogens with one attached hydrogen (secondary N) is 1. The first kappa shape index (κ1) is 13.9. The lowest BCUT2D eigenvalue weighted by atomic mass is 10.1. The van der Waals surface area contributed by atoms with Crippen molar-refractivity contribution in [3.05, 3.63) is 53.6 Å². The van der Waals surface area contributed by atoms with E-state index in [1.807, 2.05) is 12.1 Å². The third-order valence-electron chi connectivity index (χ3n) is 3.09. The fourth-order valence-electron chi connectivity index (χ4n) is 1.93. The zero-order valence-electron chi connectivity index (χ0n) is 11.6. The number of rotatable bonds is 4. The number of benzene rings is 2. The number of aryl methyl sites for hydroxylation is 1. The van der Waals surface area contributed by atoms with Crippen LogP contribution in [0.3, 0.4) is 0 Å². The number of carbonyl (C=O) groups excluding carboxylic acids is 1. The SMILES string of the molecule is CCc1cccc(Nc2cc(C(=O)OC)ccc2N)c1. The van der Waals surface area contributed by atoms with Gasteiger partial charge in [-0.2, -0.15) is 0 Å². The maximum atomic E-state index is 11.5. The van der Waals surface area contributed by atoms with Crippen LogP contribution in [0.15, 0.2) is 42.5 Å². The summed E-state index contributed by atoms with van der Waals surface area (Å²) in [5.41, 5.74) is 9.86. The molecule has 0 spiro atoms. The van der Waals surface area contributed by atoms with Crippen LogP contribution in [-0.2, 0) is 11.2 Å². The number of nitrogens with two attached hydrogens (primary N) is 1. The number of hydrogen-bond acceptors (Lipinski definition) is 4. The molecule has 0 aliphatic carbocycles. The number of anilines is 3. The average Bonchev–Trinajstić information content (AvgIpc) is 2.49. The molecule has 2 aromatic rings. The minimum atomic E-state index is -0.379. The van der Waals surface area contributed by atoms with E-state index in [0.717, 1.165) is 12.1 Å². The minimum absolute atomic E-state index is 0.379. The summed E-state index contributed by atoms with van der Waals surface area (Å²) in [6.45, 7) is 2.10. The van der Waals surface area contributed by atoms with Gasteiger partial charge in [-0.1, -0.05) is 19.1 Å². The second-order valence-corrected chi connectivity index (χ2v) is 4.47. The van der Waals surface area contributed by atoms with E-state index < -0.39 is 0 Å². The van der Waals surface area contributed by atoms with Crippen LogP contribution in [0.4, 0.5) is 17.1 Å². The lowest BCUT2D eigenvalue weighted by Gasteiger charge is -2.11. The van der Waals surface area contributed by atoms with E-state index in [-0.39, 0.29) is 5.97 Å². The highest BCUT2D eigenvalue weighted by Gasteiger charge is 2.08. The lowest BCUT2D eigenvalue weighted by molar-refractivity contribution is 0.0601. The number of methoxy groups -OCH3 is 1. The Balaban J connectivity index is 2.30. The molecular weight excluding hydrogens is 252 g/mol. The minimum Gasteiger partial charge on any atom is -0.465 e. The maximum Gasteiger partial charge on any atom is 0.337 e. The van der Waals surface area contributed by atoms with Crippen molar-refractivity contribution in [2.45, 2.75) is 13.3 Å². The molecule has 0 radical (unpaired) electrons. The van der Waals surface area contributed by atoms with Crippen molar-refractivity contribution in [1.82, 2.24) is 0 Å². The molecule has 0 bridgehead atoms. The molecule has 0 atom stereocenters. The number of esters is 1. The Morgan fingerprint density at radius 3 is 2.75 bits per heavy atom. The van der Waals surface area contributed by atoms with Gasteiger partial charge in [-0.3, -0.25) is 0 Å². The van der Waals surface area contributed by atoms with Crippen LogP contribution in [0.1, 0.15) is 22.8 Å². The van der Waals surface area contributed by atoms with E-state index in [9.17, 15) is 4.79 Å². The van der Waals surface area contributed by atoms with E-state index in [4.69, 9.17) is 10.5 Å². The van der Waals surface area contributed by atoms with Gasteiger partial charge in [-0.05, 0) is 42.3 Å². The molecule has 2 aromatic carbocycles. The standard InChI is InChI=1S/C16H18N2O2/c1-3-11-5-4-6-13(9-11)18-15-10-12(16(19)20-2)7-8-14(15)17/h4-10,18H,3,17H2,1-2H3. The van der Waals surface area contributed by atoms with Crippen molar-refractivity contribution in [2.24, 2.45) is 0 Å². The second kappa shape index (κ2) is 6.10. The molecular formula is C16H18N2O2. The Bertz CT molecular complexity index is 624. The second-order valence-electron chi connectivity index (χ2n) is 4.47. The predicted molar refractivity (Wildman–Crippen MR) is 81.3 cm³/mol. The quantitative estimate of drug-likeness (QED) is 0.660. The van der Waals surface area contributed by atoms with Crippen molar-refractivity contribution in [3.8, 4) is 0 Å². The molecule has 0 aliphatic rings. The Morgan fingerprint density at radius 1 is 1.25 bits per heavy atom. The molecule has 4 nitrogen and oxygen atoms in total. The number of hydrogen-bond donors (Lipinski definition) is 2. The number of nitrogen functional groups attached to an aromatic ring is 1. The summed E-state index contributed by atoms with van der Waals surface area (Å²) in [6, 6.07) is 13.1. The van der Waals surface area contributed by atoms with Crippen LogP contribution in [0, 0.1) is 0 Å². The largest absolute Gasteiger partial charge is 0.465 e. The van der Waals surface area contributed by atoms with Gasteiger partial charge in [0.2, 0.25) is 0 Å². The molecule has 0 fully saturated rings. The predicted octanol–water partition coefficient (Wildman–Crippen LogP) is 3.36. The zero-order valence-corrected chi connectivity index (χ0v) is 11.6. The molecule has 0 amide bonds. The smallest absolute Gasteiger partial charge is 0.337 e. The van der Waals surface area contributed by atoms with Gasteiger partial charge in [0.05, 0.1) is 24.0 Å². The van der Waals surface area contributed by atoms with Gasteiger partial charge >= 0.3 is 5.97 Å². The highest BCUT2D eigenvalue weighted by atomic mass is 16.5. The summed E-state index contributed by atoms with van der Waals surface area (Å²) in [4.78, 5) is 11.5. The average molecular weight is 270 g/mol. The third kappa shape index (κ3) is 3.09. The number of carbonyl (C=O) groups is 1. The van der Waals surface area contributed by atoms with Gasteiger partial charge in [-0.25, -0.2) is 4.79 Å². The normalized spacial score (nSPS) is 10.1. The van der Waals surface area contributed by atoms with Gasteiger partial charge in [0.25, 0.3) is 0 Å². The van der Waals surface area contributed by atoms with Gasteiger partial charge in [0.15, 0.2) is 0 Å². The summed E-state index contributed by atoms with van der Waals surface area (Å²) < 4.78 is 4.71. The summed E-state index contributed by atoms with van der Waals surface area (Å²) in [6.07, 6.45) is 0.965. The van der Waals surface area contributed by atoms with Gasteiger partial charge in [0.1, 0.15) is 0 Å². The van der Waals surface area contributed by atoms with Crippen molar-refractivity contribution in [1.29, 1.82) is 0 Å². The molecule has 104 valence electrons. The van der Waals surface area contributed by atoms with Crippen LogP contribution in [0.2, 0.25) is 0 Å². The van der Waals surface area contributed by atoms with Crippen molar-refractivity contribution in [2.75, 3.05) is 18.2 Å². The van der Waals surface area contributed by atoms with E-state index in [1.165, 1.54) is 12.7 Å². The number of ether oxygens (including phenoxy) is 1. The van der Waals surface area contributed by atoms with Crippen LogP contribution in [0.25, 0.3) is 0 Å². The highest BCUT2D eigenvalue weighted by molar-refractivity contribution is 5.92. The van der Waals surface area contributed by atoms with Crippen LogP contribution in [0.5, 0.6) is 0 Å². The van der Waals surface area contributed by atoms with Crippen molar-refractivity contribution < 1.29 is 9.53 Å². The first-order valence-electron chi connectivity index (χ1n) is 6.48. The van der Waals surface area contributed by atoms with E-state index in [2.05, 4.69) is 24.4 Å². The summed E-state index contributed by atoms with van der Waals surface area (Å²) in [5.74, 6) is -0.379. The van der Waals surface area contributed by atoms with Gasteiger partial charge < -0.3 is 15.8 Å². The summed E-state index contributed by atoms with van der Waals surface area (Å²) in [5, 5.41) is 3.23. The van der Waals surface area contributed by atoms with Crippen LogP contribution >= 0.6 is 0 Å². The molecule has 0 aromatic heterocycles. The van der Waals surface area contributed by atoms with Crippen LogP contribution < -0.4 is 11.1 Å². The lowest BCUT2D eigenvalue weighted by Crippen LogP contribution is -2.04. The maximum absolute atomic E-state index is 11.5.